The highest BCUT2D eigenvalue weighted by molar-refractivity contribution is 5.93. The van der Waals surface area contributed by atoms with Gasteiger partial charge < -0.3 is 10.2 Å². The van der Waals surface area contributed by atoms with E-state index in [-0.39, 0.29) is 5.91 Å². The minimum absolute atomic E-state index is 0.0909. The van der Waals surface area contributed by atoms with Gasteiger partial charge in [-0.2, -0.15) is 0 Å². The van der Waals surface area contributed by atoms with Crippen molar-refractivity contribution in [1.82, 2.24) is 14.9 Å². The Kier molecular flexibility index (Phi) is 5.81. The molecule has 1 heterocycles. The predicted octanol–water partition coefficient (Wildman–Crippen LogP) is 4.68. The number of aryl methyl sites for hydroxylation is 1. The van der Waals surface area contributed by atoms with Crippen LogP contribution < -0.4 is 5.32 Å². The molecule has 0 saturated heterocycles. The number of benzene rings is 2. The summed E-state index contributed by atoms with van der Waals surface area (Å²) in [5, 5.41) is 3.30. The molecular weight excluding hydrogens is 336 g/mol. The molecule has 0 unspecified atom stereocenters. The van der Waals surface area contributed by atoms with Crippen molar-refractivity contribution in [2.24, 2.45) is 0 Å². The summed E-state index contributed by atoms with van der Waals surface area (Å²) in [5.41, 5.74) is 3.34. The lowest BCUT2D eigenvalue weighted by atomic mass is 10.2. The molecule has 2 aromatic carbocycles. The summed E-state index contributed by atoms with van der Waals surface area (Å²) < 4.78 is 0. The third-order valence-electron chi connectivity index (χ3n) is 4.32. The van der Waals surface area contributed by atoms with E-state index in [0.29, 0.717) is 30.4 Å². The van der Waals surface area contributed by atoms with E-state index in [9.17, 15) is 4.79 Å². The van der Waals surface area contributed by atoms with Crippen molar-refractivity contribution < 1.29 is 4.79 Å². The van der Waals surface area contributed by atoms with Crippen molar-refractivity contribution in [3.8, 4) is 11.4 Å². The van der Waals surface area contributed by atoms with E-state index in [2.05, 4.69) is 15.3 Å². The summed E-state index contributed by atoms with van der Waals surface area (Å²) in [5.74, 6) is 1.04. The van der Waals surface area contributed by atoms with E-state index in [1.165, 1.54) is 0 Å². The molecule has 1 aromatic heterocycles. The average Bonchev–Trinajstić information content (AvgIpc) is 2.69. The minimum Gasteiger partial charge on any atom is -0.340 e. The minimum atomic E-state index is -0.0909. The molecule has 3 rings (SSSR count). The topological polar surface area (TPSA) is 58.1 Å². The van der Waals surface area contributed by atoms with E-state index in [4.69, 9.17) is 0 Å². The maximum atomic E-state index is 12.9. The predicted molar refractivity (Wildman–Crippen MR) is 109 cm³/mol. The molecular formula is C22H24N4O. The first-order chi connectivity index (χ1) is 13.1. The van der Waals surface area contributed by atoms with Crippen LogP contribution in [0.25, 0.3) is 11.4 Å². The Morgan fingerprint density at radius 1 is 0.963 bits per heavy atom. The molecule has 0 radical (unpaired) electrons. The largest absolute Gasteiger partial charge is 0.340 e. The van der Waals surface area contributed by atoms with Gasteiger partial charge >= 0.3 is 0 Å². The number of rotatable bonds is 6. The van der Waals surface area contributed by atoms with E-state index in [1.54, 1.807) is 11.0 Å². The van der Waals surface area contributed by atoms with E-state index in [0.717, 1.165) is 16.8 Å². The second kappa shape index (κ2) is 8.45. The Morgan fingerprint density at radius 3 is 2.37 bits per heavy atom. The normalized spacial score (nSPS) is 10.5. The molecule has 0 aliphatic rings. The van der Waals surface area contributed by atoms with E-state index >= 15 is 0 Å². The summed E-state index contributed by atoms with van der Waals surface area (Å²) in [6.45, 7) is 7.25. The Labute approximate surface area is 160 Å². The smallest absolute Gasteiger partial charge is 0.272 e. The Balaban J connectivity index is 2.04. The van der Waals surface area contributed by atoms with Crippen LogP contribution in [0.1, 0.15) is 29.9 Å². The zero-order valence-electron chi connectivity index (χ0n) is 15.9. The van der Waals surface area contributed by atoms with Crippen LogP contribution in [-0.2, 0) is 0 Å². The number of nitrogens with zero attached hydrogens (tertiary/aromatic N) is 3. The highest BCUT2D eigenvalue weighted by atomic mass is 16.2. The molecule has 0 bridgehead atoms. The van der Waals surface area contributed by atoms with Gasteiger partial charge in [-0.3, -0.25) is 4.79 Å². The first kappa shape index (κ1) is 18.6. The van der Waals surface area contributed by atoms with Gasteiger partial charge in [0.2, 0.25) is 0 Å². The Bertz CT molecular complexity index is 921. The van der Waals surface area contributed by atoms with Crippen molar-refractivity contribution in [3.05, 3.63) is 71.9 Å². The number of amides is 1. The zero-order chi connectivity index (χ0) is 19.2. The average molecular weight is 360 g/mol. The van der Waals surface area contributed by atoms with Gasteiger partial charge in [0, 0.05) is 30.4 Å². The van der Waals surface area contributed by atoms with Crippen LogP contribution in [0.2, 0.25) is 0 Å². The number of anilines is 2. The lowest BCUT2D eigenvalue weighted by Gasteiger charge is -2.19. The van der Waals surface area contributed by atoms with E-state index in [1.807, 2.05) is 75.4 Å². The van der Waals surface area contributed by atoms with Gasteiger partial charge in [-0.15, -0.1) is 0 Å². The second-order valence-corrected chi connectivity index (χ2v) is 6.30. The Hall–Kier alpha value is -3.21. The van der Waals surface area contributed by atoms with Crippen molar-refractivity contribution in [3.63, 3.8) is 0 Å². The standard InChI is InChI=1S/C22H24N4O/c1-4-26(5-2)22(27)19-15-20(23-18-13-9-10-16(3)14-18)25-21(24-19)17-11-7-6-8-12-17/h6-15H,4-5H2,1-3H3,(H,23,24,25). The number of carbonyl (C=O) groups excluding carboxylic acids is 1. The van der Waals surface area contributed by atoms with Gasteiger partial charge in [-0.25, -0.2) is 9.97 Å². The molecule has 5 heteroatoms. The van der Waals surface area contributed by atoms with Crippen LogP contribution in [0.3, 0.4) is 0 Å². The van der Waals surface area contributed by atoms with Crippen LogP contribution >= 0.6 is 0 Å². The molecule has 0 spiro atoms. The van der Waals surface area contributed by atoms with Gasteiger partial charge in [0.1, 0.15) is 11.5 Å². The van der Waals surface area contributed by atoms with Crippen LogP contribution in [0.5, 0.6) is 0 Å². The van der Waals surface area contributed by atoms with Crippen LogP contribution in [-0.4, -0.2) is 33.9 Å². The fourth-order valence-corrected chi connectivity index (χ4v) is 2.88. The molecule has 0 aliphatic carbocycles. The molecule has 1 amide bonds. The highest BCUT2D eigenvalue weighted by Gasteiger charge is 2.17. The number of hydrogen-bond acceptors (Lipinski definition) is 4. The summed E-state index contributed by atoms with van der Waals surface area (Å²) in [6.07, 6.45) is 0. The summed E-state index contributed by atoms with van der Waals surface area (Å²) in [6, 6.07) is 19.5. The lowest BCUT2D eigenvalue weighted by Crippen LogP contribution is -2.31. The third-order valence-corrected chi connectivity index (χ3v) is 4.32. The Morgan fingerprint density at radius 2 is 1.70 bits per heavy atom. The van der Waals surface area contributed by atoms with Crippen molar-refractivity contribution in [1.29, 1.82) is 0 Å². The highest BCUT2D eigenvalue weighted by Crippen LogP contribution is 2.22. The van der Waals surface area contributed by atoms with E-state index < -0.39 is 0 Å². The number of hydrogen-bond donors (Lipinski definition) is 1. The molecule has 1 N–H and O–H groups in total. The second-order valence-electron chi connectivity index (χ2n) is 6.30. The maximum absolute atomic E-state index is 12.9. The maximum Gasteiger partial charge on any atom is 0.272 e. The van der Waals surface area contributed by atoms with Gasteiger partial charge in [-0.1, -0.05) is 42.5 Å². The molecule has 0 aliphatic heterocycles. The zero-order valence-corrected chi connectivity index (χ0v) is 15.9. The first-order valence-corrected chi connectivity index (χ1v) is 9.18. The quantitative estimate of drug-likeness (QED) is 0.693. The molecule has 0 fully saturated rings. The monoisotopic (exact) mass is 360 g/mol. The van der Waals surface area contributed by atoms with Gasteiger partial charge in [0.25, 0.3) is 5.91 Å². The summed E-state index contributed by atoms with van der Waals surface area (Å²) in [7, 11) is 0. The fraction of sp³-hybridized carbons (Fsp3) is 0.227. The molecule has 5 nitrogen and oxygen atoms in total. The van der Waals surface area contributed by atoms with Crippen LogP contribution in [0.15, 0.2) is 60.7 Å². The first-order valence-electron chi connectivity index (χ1n) is 9.18. The van der Waals surface area contributed by atoms with Crippen LogP contribution in [0.4, 0.5) is 11.5 Å². The number of nitrogens with one attached hydrogen (secondary N) is 1. The number of aromatic nitrogens is 2. The van der Waals surface area contributed by atoms with Crippen LogP contribution in [0, 0.1) is 6.92 Å². The summed E-state index contributed by atoms with van der Waals surface area (Å²) >= 11 is 0. The number of carbonyl (C=O) groups is 1. The molecule has 27 heavy (non-hydrogen) atoms. The van der Waals surface area contributed by atoms with Crippen molar-refractivity contribution >= 4 is 17.4 Å². The molecule has 0 atom stereocenters. The SMILES string of the molecule is CCN(CC)C(=O)c1cc(Nc2cccc(C)c2)nc(-c2ccccc2)n1. The van der Waals surface area contributed by atoms with Crippen molar-refractivity contribution in [2.75, 3.05) is 18.4 Å². The molecule has 3 aromatic rings. The molecule has 0 saturated carbocycles. The van der Waals surface area contributed by atoms with Crippen molar-refractivity contribution in [2.45, 2.75) is 20.8 Å². The van der Waals surface area contributed by atoms with Gasteiger partial charge in [-0.05, 0) is 38.5 Å². The third kappa shape index (κ3) is 4.50. The molecule has 138 valence electrons. The fourth-order valence-electron chi connectivity index (χ4n) is 2.88. The van der Waals surface area contributed by atoms with Gasteiger partial charge in [0.05, 0.1) is 0 Å². The lowest BCUT2D eigenvalue weighted by molar-refractivity contribution is 0.0767. The summed E-state index contributed by atoms with van der Waals surface area (Å²) in [4.78, 5) is 23.8. The van der Waals surface area contributed by atoms with Gasteiger partial charge in [0.15, 0.2) is 5.82 Å².